The van der Waals surface area contributed by atoms with Crippen molar-refractivity contribution in [1.29, 1.82) is 0 Å². The van der Waals surface area contributed by atoms with Crippen LogP contribution in [0.3, 0.4) is 0 Å². The number of hydrogen-bond donors (Lipinski definition) is 1. The number of rotatable bonds is 6. The van der Waals surface area contributed by atoms with Gasteiger partial charge in [-0.2, -0.15) is 0 Å². The highest BCUT2D eigenvalue weighted by Crippen LogP contribution is 2.26. The third-order valence-electron chi connectivity index (χ3n) is 5.02. The second-order valence-corrected chi connectivity index (χ2v) is 9.29. The van der Waals surface area contributed by atoms with Gasteiger partial charge in [0.05, 0.1) is 18.7 Å². The summed E-state index contributed by atoms with van der Waals surface area (Å²) in [6.45, 7) is 1.19. The molecule has 0 saturated carbocycles. The second kappa shape index (κ2) is 10.3. The standard InChI is InChI=1S/C22H23IN2O4S/c1-2-11-25(20(26)19-18(23)8-14-30-19)16-22(28)9-12-24(13-10-22)21(27)29-15-17-6-4-3-5-7-17/h1,3-8,14,28H,9-13,15-16H2. The van der Waals surface area contributed by atoms with Crippen molar-refractivity contribution < 1.29 is 19.4 Å². The largest absolute Gasteiger partial charge is 0.445 e. The van der Waals surface area contributed by atoms with Crippen molar-refractivity contribution in [3.63, 3.8) is 0 Å². The average molecular weight is 538 g/mol. The van der Waals surface area contributed by atoms with Gasteiger partial charge < -0.3 is 19.6 Å². The zero-order valence-electron chi connectivity index (χ0n) is 16.4. The molecular formula is C22H23IN2O4S. The van der Waals surface area contributed by atoms with Gasteiger partial charge in [0.2, 0.25) is 0 Å². The van der Waals surface area contributed by atoms with Crippen molar-refractivity contribution >= 4 is 45.9 Å². The SMILES string of the molecule is C#CCN(CC1(O)CCN(C(=O)OCc2ccccc2)CC1)C(=O)c1sccc1I. The fraction of sp³-hybridized carbons (Fsp3) is 0.364. The molecule has 0 spiro atoms. The summed E-state index contributed by atoms with van der Waals surface area (Å²) in [5.41, 5.74) is -0.170. The van der Waals surface area contributed by atoms with E-state index in [0.29, 0.717) is 30.8 Å². The summed E-state index contributed by atoms with van der Waals surface area (Å²) in [4.78, 5) is 28.9. The van der Waals surface area contributed by atoms with E-state index in [4.69, 9.17) is 11.2 Å². The maximum atomic E-state index is 12.9. The van der Waals surface area contributed by atoms with Gasteiger partial charge in [0.15, 0.2) is 0 Å². The highest BCUT2D eigenvalue weighted by molar-refractivity contribution is 14.1. The molecule has 1 fully saturated rings. The highest BCUT2D eigenvalue weighted by atomic mass is 127. The number of benzene rings is 1. The van der Waals surface area contributed by atoms with Gasteiger partial charge in [-0.15, -0.1) is 17.8 Å². The van der Waals surface area contributed by atoms with Crippen molar-refractivity contribution in [2.24, 2.45) is 0 Å². The lowest BCUT2D eigenvalue weighted by molar-refractivity contribution is -0.0381. The molecule has 1 aliphatic rings. The molecule has 2 amide bonds. The van der Waals surface area contributed by atoms with E-state index in [1.165, 1.54) is 16.2 Å². The lowest BCUT2D eigenvalue weighted by atomic mass is 9.91. The maximum Gasteiger partial charge on any atom is 0.410 e. The molecule has 0 radical (unpaired) electrons. The van der Waals surface area contributed by atoms with Crippen LogP contribution < -0.4 is 0 Å². The van der Waals surface area contributed by atoms with E-state index in [0.717, 1.165) is 9.13 Å². The fourth-order valence-corrected chi connectivity index (χ4v) is 5.12. The van der Waals surface area contributed by atoms with E-state index < -0.39 is 11.7 Å². The molecule has 2 heterocycles. The summed E-state index contributed by atoms with van der Waals surface area (Å²) in [5, 5.41) is 12.9. The first-order valence-electron chi connectivity index (χ1n) is 9.55. The van der Waals surface area contributed by atoms with Crippen LogP contribution in [0.2, 0.25) is 0 Å². The van der Waals surface area contributed by atoms with Crippen LogP contribution in [-0.4, -0.2) is 58.7 Å². The number of carbonyl (C=O) groups is 2. The van der Waals surface area contributed by atoms with Gasteiger partial charge in [-0.3, -0.25) is 4.79 Å². The Morgan fingerprint density at radius 1 is 1.27 bits per heavy atom. The number of ether oxygens (including phenoxy) is 1. The number of nitrogens with zero attached hydrogens (tertiary/aromatic N) is 2. The predicted molar refractivity (Wildman–Crippen MR) is 124 cm³/mol. The van der Waals surface area contributed by atoms with E-state index >= 15 is 0 Å². The fourth-order valence-electron chi connectivity index (χ4n) is 3.33. The van der Waals surface area contributed by atoms with Gasteiger partial charge in [0.1, 0.15) is 11.5 Å². The number of amides is 2. The van der Waals surface area contributed by atoms with Crippen LogP contribution in [0.4, 0.5) is 4.79 Å². The number of terminal acetylenes is 1. The maximum absolute atomic E-state index is 12.9. The van der Waals surface area contributed by atoms with Gasteiger partial charge in [-0.1, -0.05) is 36.3 Å². The molecular weight excluding hydrogens is 515 g/mol. The Balaban J connectivity index is 1.55. The Morgan fingerprint density at radius 3 is 2.57 bits per heavy atom. The van der Waals surface area contributed by atoms with E-state index in [9.17, 15) is 14.7 Å². The molecule has 2 aromatic rings. The first-order valence-corrected chi connectivity index (χ1v) is 11.5. The summed E-state index contributed by atoms with van der Waals surface area (Å²) in [5.74, 6) is 2.33. The normalized spacial score (nSPS) is 15.3. The van der Waals surface area contributed by atoms with Crippen molar-refractivity contribution in [2.75, 3.05) is 26.2 Å². The van der Waals surface area contributed by atoms with Gasteiger partial charge in [-0.25, -0.2) is 4.79 Å². The molecule has 1 saturated heterocycles. The minimum Gasteiger partial charge on any atom is -0.445 e. The van der Waals surface area contributed by atoms with Crippen molar-refractivity contribution in [3.8, 4) is 12.3 Å². The summed E-state index contributed by atoms with van der Waals surface area (Å²) < 4.78 is 6.24. The molecule has 0 unspecified atom stereocenters. The zero-order chi connectivity index (χ0) is 21.6. The second-order valence-electron chi connectivity index (χ2n) is 7.21. The molecule has 1 aromatic heterocycles. The van der Waals surface area contributed by atoms with Crippen molar-refractivity contribution in [1.82, 2.24) is 9.80 Å². The summed E-state index contributed by atoms with van der Waals surface area (Å²) in [6, 6.07) is 11.4. The molecule has 6 nitrogen and oxygen atoms in total. The van der Waals surface area contributed by atoms with Gasteiger partial charge in [-0.05, 0) is 52.4 Å². The molecule has 30 heavy (non-hydrogen) atoms. The molecule has 3 rings (SSSR count). The van der Waals surface area contributed by atoms with Gasteiger partial charge in [0, 0.05) is 16.7 Å². The number of halogens is 1. The first kappa shape index (κ1) is 22.6. The van der Waals surface area contributed by atoms with Crippen LogP contribution in [0.1, 0.15) is 28.1 Å². The monoisotopic (exact) mass is 538 g/mol. The molecule has 0 aliphatic carbocycles. The van der Waals surface area contributed by atoms with Crippen LogP contribution >= 0.6 is 33.9 Å². The smallest absolute Gasteiger partial charge is 0.410 e. The molecule has 0 atom stereocenters. The summed E-state index contributed by atoms with van der Waals surface area (Å²) in [7, 11) is 0. The first-order chi connectivity index (χ1) is 14.4. The summed E-state index contributed by atoms with van der Waals surface area (Å²) >= 11 is 3.48. The van der Waals surface area contributed by atoms with Crippen LogP contribution in [0.15, 0.2) is 41.8 Å². The number of piperidine rings is 1. The number of thiophene rings is 1. The Kier molecular flexibility index (Phi) is 7.75. The van der Waals surface area contributed by atoms with Crippen molar-refractivity contribution in [2.45, 2.75) is 25.0 Å². The Hall–Kier alpha value is -2.09. The van der Waals surface area contributed by atoms with E-state index in [1.54, 1.807) is 4.90 Å². The zero-order valence-corrected chi connectivity index (χ0v) is 19.4. The van der Waals surface area contributed by atoms with Crippen LogP contribution in [-0.2, 0) is 11.3 Å². The third kappa shape index (κ3) is 5.74. The minimum atomic E-state index is -1.09. The Morgan fingerprint density at radius 2 is 1.97 bits per heavy atom. The number of likely N-dealkylation sites (tertiary alicyclic amines) is 1. The lowest BCUT2D eigenvalue weighted by Crippen LogP contribution is -2.53. The number of aliphatic hydroxyl groups is 1. The van der Waals surface area contributed by atoms with E-state index in [-0.39, 0.29) is 25.6 Å². The van der Waals surface area contributed by atoms with E-state index in [2.05, 4.69) is 28.5 Å². The quantitative estimate of drug-likeness (QED) is 0.451. The predicted octanol–water partition coefficient (Wildman–Crippen LogP) is 3.59. The van der Waals surface area contributed by atoms with Gasteiger partial charge >= 0.3 is 6.09 Å². The van der Waals surface area contributed by atoms with Crippen LogP contribution in [0.5, 0.6) is 0 Å². The highest BCUT2D eigenvalue weighted by Gasteiger charge is 2.37. The Labute approximate surface area is 194 Å². The number of hydrogen-bond acceptors (Lipinski definition) is 5. The minimum absolute atomic E-state index is 0.123. The topological polar surface area (TPSA) is 70.1 Å². The van der Waals surface area contributed by atoms with Crippen molar-refractivity contribution in [3.05, 3.63) is 55.8 Å². The lowest BCUT2D eigenvalue weighted by Gasteiger charge is -2.40. The molecule has 1 aliphatic heterocycles. The average Bonchev–Trinajstić information content (AvgIpc) is 3.18. The Bertz CT molecular complexity index is 917. The van der Waals surface area contributed by atoms with Crippen LogP contribution in [0.25, 0.3) is 0 Å². The molecule has 1 N–H and O–H groups in total. The summed E-state index contributed by atoms with van der Waals surface area (Å²) in [6.07, 6.45) is 5.76. The number of carbonyl (C=O) groups excluding carboxylic acids is 2. The molecule has 1 aromatic carbocycles. The third-order valence-corrected chi connectivity index (χ3v) is 7.19. The molecule has 158 valence electrons. The van der Waals surface area contributed by atoms with Gasteiger partial charge in [0.25, 0.3) is 5.91 Å². The van der Waals surface area contributed by atoms with Crippen LogP contribution in [0, 0.1) is 15.9 Å². The molecule has 8 heteroatoms. The van der Waals surface area contributed by atoms with E-state index in [1.807, 2.05) is 41.8 Å². The molecule has 0 bridgehead atoms.